The Labute approximate surface area is 156 Å². The lowest BCUT2D eigenvalue weighted by Crippen LogP contribution is -2.36. The molecule has 3 aromatic rings. The number of amides is 1. The molecule has 2 aromatic carbocycles. The zero-order chi connectivity index (χ0) is 18.7. The second-order valence-corrected chi connectivity index (χ2v) is 6.60. The molecule has 0 bridgehead atoms. The minimum Gasteiger partial charge on any atom is -0.422 e. The Bertz CT molecular complexity index is 998. The van der Waals surface area contributed by atoms with Gasteiger partial charge in [0.15, 0.2) is 0 Å². The van der Waals surface area contributed by atoms with Crippen molar-refractivity contribution in [2.24, 2.45) is 0 Å². The molecule has 0 aliphatic heterocycles. The van der Waals surface area contributed by atoms with E-state index < -0.39 is 11.5 Å². The topological polar surface area (TPSA) is 62.6 Å². The molecule has 0 aliphatic carbocycles. The van der Waals surface area contributed by atoms with Crippen LogP contribution < -0.4 is 10.9 Å². The Morgan fingerprint density at radius 1 is 1.15 bits per heavy atom. The maximum atomic E-state index is 12.5. The van der Waals surface area contributed by atoms with Crippen LogP contribution in [0.3, 0.4) is 0 Å². The number of likely N-dealkylation sites (N-methyl/N-ethyl adjacent to an activating group) is 1. The fourth-order valence-corrected chi connectivity index (χ4v) is 3.08. The summed E-state index contributed by atoms with van der Waals surface area (Å²) in [6.07, 6.45) is 0. The molecule has 1 aromatic heterocycles. The van der Waals surface area contributed by atoms with Gasteiger partial charge >= 0.3 is 5.63 Å². The fraction of sp³-hybridized carbons (Fsp3) is 0.200. The van der Waals surface area contributed by atoms with Gasteiger partial charge in [-0.1, -0.05) is 48.0 Å². The third kappa shape index (κ3) is 3.79. The monoisotopic (exact) mass is 370 g/mol. The zero-order valence-corrected chi connectivity index (χ0v) is 15.3. The Hall–Kier alpha value is -2.63. The number of hydrogen-bond acceptors (Lipinski definition) is 4. The van der Waals surface area contributed by atoms with E-state index in [2.05, 4.69) is 5.32 Å². The zero-order valence-electron chi connectivity index (χ0n) is 14.5. The fourth-order valence-electron chi connectivity index (χ4n) is 2.82. The van der Waals surface area contributed by atoms with Crippen molar-refractivity contribution in [2.45, 2.75) is 6.04 Å². The number of nitrogens with zero attached hydrogens (tertiary/aromatic N) is 1. The van der Waals surface area contributed by atoms with E-state index in [-0.39, 0.29) is 11.6 Å². The summed E-state index contributed by atoms with van der Waals surface area (Å²) in [4.78, 5) is 26.6. The highest BCUT2D eigenvalue weighted by Gasteiger charge is 2.20. The predicted molar refractivity (Wildman–Crippen MR) is 103 cm³/mol. The van der Waals surface area contributed by atoms with Crippen molar-refractivity contribution in [3.05, 3.63) is 81.2 Å². The Balaban J connectivity index is 1.82. The van der Waals surface area contributed by atoms with Crippen LogP contribution in [0.25, 0.3) is 11.0 Å². The molecule has 134 valence electrons. The molecule has 1 heterocycles. The quantitative estimate of drug-likeness (QED) is 0.698. The van der Waals surface area contributed by atoms with Crippen LogP contribution in [0.2, 0.25) is 5.02 Å². The smallest absolute Gasteiger partial charge is 0.349 e. The summed E-state index contributed by atoms with van der Waals surface area (Å²) in [6.45, 7) is 0.307. The molecule has 1 atom stereocenters. The highest BCUT2D eigenvalue weighted by molar-refractivity contribution is 6.31. The van der Waals surface area contributed by atoms with Gasteiger partial charge in [0.1, 0.15) is 11.1 Å². The molecule has 0 radical (unpaired) electrons. The molecular formula is C20H19ClN2O3. The van der Waals surface area contributed by atoms with Crippen LogP contribution in [-0.4, -0.2) is 31.4 Å². The molecule has 0 saturated heterocycles. The summed E-state index contributed by atoms with van der Waals surface area (Å²) in [5, 5.41) is 4.14. The lowest BCUT2D eigenvalue weighted by atomic mass is 10.1. The number of rotatable bonds is 5. The Kier molecular flexibility index (Phi) is 5.40. The van der Waals surface area contributed by atoms with Gasteiger partial charge < -0.3 is 14.6 Å². The summed E-state index contributed by atoms with van der Waals surface area (Å²) in [5.74, 6) is -0.469. The number of carbonyl (C=O) groups excluding carboxylic acids is 1. The Morgan fingerprint density at radius 2 is 1.85 bits per heavy atom. The van der Waals surface area contributed by atoms with Crippen molar-refractivity contribution in [1.29, 1.82) is 0 Å². The third-order valence-electron chi connectivity index (χ3n) is 4.23. The molecule has 5 nitrogen and oxygen atoms in total. The van der Waals surface area contributed by atoms with Gasteiger partial charge in [0, 0.05) is 17.0 Å². The summed E-state index contributed by atoms with van der Waals surface area (Å²) in [7, 11) is 3.81. The Morgan fingerprint density at radius 3 is 2.58 bits per heavy atom. The third-order valence-corrected chi connectivity index (χ3v) is 4.57. The van der Waals surface area contributed by atoms with Gasteiger partial charge in [-0.2, -0.15) is 0 Å². The van der Waals surface area contributed by atoms with Crippen LogP contribution in [0, 0.1) is 0 Å². The van der Waals surface area contributed by atoms with Crippen molar-refractivity contribution in [3.63, 3.8) is 0 Å². The van der Waals surface area contributed by atoms with Crippen LogP contribution in [0.1, 0.15) is 22.0 Å². The van der Waals surface area contributed by atoms with Crippen LogP contribution in [-0.2, 0) is 0 Å². The van der Waals surface area contributed by atoms with Crippen molar-refractivity contribution in [2.75, 3.05) is 20.6 Å². The van der Waals surface area contributed by atoms with Crippen molar-refractivity contribution < 1.29 is 9.21 Å². The van der Waals surface area contributed by atoms with Gasteiger partial charge in [-0.05, 0) is 37.9 Å². The van der Waals surface area contributed by atoms with Crippen molar-refractivity contribution in [1.82, 2.24) is 10.2 Å². The summed E-state index contributed by atoms with van der Waals surface area (Å²) >= 11 is 6.28. The largest absolute Gasteiger partial charge is 0.422 e. The second-order valence-electron chi connectivity index (χ2n) is 6.20. The van der Waals surface area contributed by atoms with E-state index in [1.54, 1.807) is 24.3 Å². The van der Waals surface area contributed by atoms with Crippen molar-refractivity contribution in [3.8, 4) is 0 Å². The number of para-hydroxylation sites is 1. The summed E-state index contributed by atoms with van der Waals surface area (Å²) in [5.41, 5.74) is 0.696. The molecule has 6 heteroatoms. The highest BCUT2D eigenvalue weighted by Crippen LogP contribution is 2.25. The molecule has 1 amide bonds. The lowest BCUT2D eigenvalue weighted by molar-refractivity contribution is 0.0938. The molecule has 1 N–H and O–H groups in total. The average Bonchev–Trinajstić information content (AvgIpc) is 2.62. The normalized spacial score (nSPS) is 12.3. The van der Waals surface area contributed by atoms with Crippen molar-refractivity contribution >= 4 is 28.5 Å². The van der Waals surface area contributed by atoms with Crippen LogP contribution in [0.4, 0.5) is 0 Å². The molecule has 26 heavy (non-hydrogen) atoms. The second kappa shape index (κ2) is 7.72. The minimum absolute atomic E-state index is 0.0136. The number of halogens is 1. The lowest BCUT2D eigenvalue weighted by Gasteiger charge is -2.25. The number of carbonyl (C=O) groups is 1. The van der Waals surface area contributed by atoms with Gasteiger partial charge in [0.05, 0.1) is 6.04 Å². The molecular weight excluding hydrogens is 352 g/mol. The maximum absolute atomic E-state index is 12.5. The first-order valence-corrected chi connectivity index (χ1v) is 8.57. The number of hydrogen-bond donors (Lipinski definition) is 1. The van der Waals surface area contributed by atoms with Gasteiger partial charge in [-0.3, -0.25) is 4.79 Å². The minimum atomic E-state index is -0.652. The van der Waals surface area contributed by atoms with Crippen LogP contribution >= 0.6 is 11.6 Å². The van der Waals surface area contributed by atoms with Crippen LogP contribution in [0.15, 0.2) is 63.8 Å². The van der Waals surface area contributed by atoms with E-state index in [1.807, 2.05) is 49.3 Å². The first-order chi connectivity index (χ1) is 12.5. The number of benzene rings is 2. The number of fused-ring (bicyclic) bond motifs is 1. The standard InChI is InChI=1S/C20H19ClN2O3/c1-23(2)17(14-8-4-5-9-16(14)21)12-22-19(24)15-11-13-7-3-6-10-18(13)26-20(15)25/h3-11,17H,12H2,1-2H3,(H,22,24). The summed E-state index contributed by atoms with van der Waals surface area (Å²) in [6, 6.07) is 16.0. The molecule has 0 fully saturated rings. The molecule has 0 aliphatic rings. The number of nitrogens with one attached hydrogen (secondary N) is 1. The van der Waals surface area contributed by atoms with Gasteiger partial charge in [-0.15, -0.1) is 0 Å². The first-order valence-electron chi connectivity index (χ1n) is 8.19. The first kappa shape index (κ1) is 18.2. The molecule has 0 saturated carbocycles. The predicted octanol–water partition coefficient (Wildman–Crippen LogP) is 3.48. The van der Waals surface area contributed by atoms with E-state index in [9.17, 15) is 9.59 Å². The van der Waals surface area contributed by atoms with Gasteiger partial charge in [0.2, 0.25) is 0 Å². The van der Waals surface area contributed by atoms with E-state index in [0.29, 0.717) is 22.5 Å². The van der Waals surface area contributed by atoms with E-state index in [4.69, 9.17) is 16.0 Å². The van der Waals surface area contributed by atoms with Gasteiger partial charge in [0.25, 0.3) is 5.91 Å². The van der Waals surface area contributed by atoms with E-state index in [0.717, 1.165) is 5.56 Å². The van der Waals surface area contributed by atoms with E-state index >= 15 is 0 Å². The van der Waals surface area contributed by atoms with Crippen LogP contribution in [0.5, 0.6) is 0 Å². The SMILES string of the molecule is CN(C)C(CNC(=O)c1cc2ccccc2oc1=O)c1ccccc1Cl. The van der Waals surface area contributed by atoms with E-state index in [1.165, 1.54) is 0 Å². The maximum Gasteiger partial charge on any atom is 0.349 e. The molecule has 3 rings (SSSR count). The molecule has 1 unspecified atom stereocenters. The summed E-state index contributed by atoms with van der Waals surface area (Å²) < 4.78 is 5.22. The average molecular weight is 371 g/mol. The highest BCUT2D eigenvalue weighted by atomic mass is 35.5. The molecule has 0 spiro atoms. The van der Waals surface area contributed by atoms with Gasteiger partial charge in [-0.25, -0.2) is 4.79 Å².